The largest absolute Gasteiger partial charge is 0.417 e. The summed E-state index contributed by atoms with van der Waals surface area (Å²) in [5, 5.41) is 0. The third-order valence-corrected chi connectivity index (χ3v) is 2.05. The van der Waals surface area contributed by atoms with Gasteiger partial charge in [0.2, 0.25) is 0 Å². The van der Waals surface area contributed by atoms with E-state index in [4.69, 9.17) is 11.6 Å². The van der Waals surface area contributed by atoms with Crippen LogP contribution in [0.5, 0.6) is 0 Å². The van der Waals surface area contributed by atoms with Crippen molar-refractivity contribution in [1.29, 1.82) is 0 Å². The van der Waals surface area contributed by atoms with Crippen LogP contribution in [-0.4, -0.2) is 10.9 Å². The molecule has 0 aliphatic rings. The smallest absolute Gasteiger partial charge is 0.263 e. The number of hydrogen-bond acceptors (Lipinski definition) is 1. The second kappa shape index (κ2) is 5.76. The topological polar surface area (TPSA) is 12.9 Å². The minimum absolute atomic E-state index is 0.0930. The lowest BCUT2D eigenvalue weighted by molar-refractivity contribution is -0.137. The van der Waals surface area contributed by atoms with Gasteiger partial charge in [0.05, 0.1) is 11.1 Å². The van der Waals surface area contributed by atoms with Crippen LogP contribution >= 0.6 is 11.6 Å². The van der Waals surface area contributed by atoms with Crippen LogP contribution in [0.25, 0.3) is 0 Å². The fourth-order valence-electron chi connectivity index (χ4n) is 1.05. The highest BCUT2D eigenvalue weighted by atomic mass is 35.5. The number of rotatable bonds is 2. The molecule has 0 aliphatic heterocycles. The van der Waals surface area contributed by atoms with E-state index in [1.54, 1.807) is 0 Å². The van der Waals surface area contributed by atoms with E-state index in [9.17, 15) is 13.2 Å². The van der Waals surface area contributed by atoms with Crippen molar-refractivity contribution in [3.8, 4) is 11.8 Å². The monoisotopic (exact) mass is 247 g/mol. The standard InChI is InChI=1S/C11H9ClF3N/c12-6-3-1-2-4-9-8-16-7-5-10(9)11(13,14)15/h5,7-8H,1,3,6H2. The van der Waals surface area contributed by atoms with E-state index in [2.05, 4.69) is 16.8 Å². The van der Waals surface area contributed by atoms with Crippen LogP contribution in [-0.2, 0) is 6.18 Å². The Balaban J connectivity index is 2.90. The van der Waals surface area contributed by atoms with Crippen LogP contribution in [0.1, 0.15) is 24.0 Å². The highest BCUT2D eigenvalue weighted by molar-refractivity contribution is 6.17. The molecule has 5 heteroatoms. The van der Waals surface area contributed by atoms with E-state index >= 15 is 0 Å². The molecule has 0 aromatic carbocycles. The normalized spacial score (nSPS) is 10.8. The maximum absolute atomic E-state index is 12.5. The summed E-state index contributed by atoms with van der Waals surface area (Å²) in [7, 11) is 0. The Kier molecular flexibility index (Phi) is 4.63. The first-order chi connectivity index (χ1) is 7.55. The predicted molar refractivity (Wildman–Crippen MR) is 56.1 cm³/mol. The number of nitrogens with zero attached hydrogens (tertiary/aromatic N) is 1. The summed E-state index contributed by atoms with van der Waals surface area (Å²) in [5.41, 5.74) is -0.842. The van der Waals surface area contributed by atoms with Crippen molar-refractivity contribution in [1.82, 2.24) is 4.98 Å². The van der Waals surface area contributed by atoms with Gasteiger partial charge >= 0.3 is 6.18 Å². The fourth-order valence-corrected chi connectivity index (χ4v) is 1.19. The van der Waals surface area contributed by atoms with Crippen LogP contribution < -0.4 is 0 Å². The number of hydrogen-bond donors (Lipinski definition) is 0. The van der Waals surface area contributed by atoms with Gasteiger partial charge in [-0.25, -0.2) is 0 Å². The molecule has 1 rings (SSSR count). The molecule has 0 atom stereocenters. The van der Waals surface area contributed by atoms with Crippen LogP contribution in [0, 0.1) is 11.8 Å². The van der Waals surface area contributed by atoms with Gasteiger partial charge in [-0.05, 0) is 12.5 Å². The first kappa shape index (κ1) is 12.9. The van der Waals surface area contributed by atoms with Gasteiger partial charge in [-0.1, -0.05) is 11.8 Å². The molecule has 86 valence electrons. The second-order valence-electron chi connectivity index (χ2n) is 3.01. The number of pyridine rings is 1. The van der Waals surface area contributed by atoms with E-state index in [1.165, 1.54) is 0 Å². The molecule has 16 heavy (non-hydrogen) atoms. The zero-order valence-electron chi connectivity index (χ0n) is 8.31. The van der Waals surface area contributed by atoms with Crippen LogP contribution in [0.4, 0.5) is 13.2 Å². The van der Waals surface area contributed by atoms with E-state index in [0.29, 0.717) is 18.7 Å². The highest BCUT2D eigenvalue weighted by Gasteiger charge is 2.32. The summed E-state index contributed by atoms with van der Waals surface area (Å²) < 4.78 is 37.5. The summed E-state index contributed by atoms with van der Waals surface area (Å²) in [6, 6.07) is 0.922. The molecule has 0 saturated carbocycles. The van der Waals surface area contributed by atoms with Crippen LogP contribution in [0.2, 0.25) is 0 Å². The molecule has 1 aromatic heterocycles. The third kappa shape index (κ3) is 3.74. The molecule has 0 aliphatic carbocycles. The van der Waals surface area contributed by atoms with Gasteiger partial charge in [0.1, 0.15) is 0 Å². The molecule has 0 spiro atoms. The molecule has 0 unspecified atom stereocenters. The minimum atomic E-state index is -4.39. The number of unbranched alkanes of at least 4 members (excludes halogenated alkanes) is 1. The molecular formula is C11H9ClF3N. The van der Waals surface area contributed by atoms with Crippen molar-refractivity contribution in [3.63, 3.8) is 0 Å². The first-order valence-electron chi connectivity index (χ1n) is 4.61. The van der Waals surface area contributed by atoms with Gasteiger partial charge in [-0.2, -0.15) is 13.2 Å². The summed E-state index contributed by atoms with van der Waals surface area (Å²) in [6.45, 7) is 0. The molecule has 0 amide bonds. The molecule has 1 nitrogen and oxygen atoms in total. The van der Waals surface area contributed by atoms with E-state index in [-0.39, 0.29) is 5.56 Å². The number of aromatic nitrogens is 1. The second-order valence-corrected chi connectivity index (χ2v) is 3.39. The van der Waals surface area contributed by atoms with Gasteiger partial charge in [0, 0.05) is 24.7 Å². The van der Waals surface area contributed by atoms with Crippen molar-refractivity contribution in [2.45, 2.75) is 19.0 Å². The summed E-state index contributed by atoms with van der Waals surface area (Å²) in [6.07, 6.45) is -1.02. The molecule has 1 heterocycles. The Morgan fingerprint density at radius 1 is 1.38 bits per heavy atom. The van der Waals surface area contributed by atoms with Gasteiger partial charge in [-0.3, -0.25) is 4.98 Å². The number of halogens is 4. The fraction of sp³-hybridized carbons (Fsp3) is 0.364. The van der Waals surface area contributed by atoms with Gasteiger partial charge < -0.3 is 0 Å². The summed E-state index contributed by atoms with van der Waals surface area (Å²) in [4.78, 5) is 3.63. The van der Waals surface area contributed by atoms with E-state index < -0.39 is 11.7 Å². The molecule has 0 radical (unpaired) electrons. The maximum Gasteiger partial charge on any atom is 0.417 e. The first-order valence-corrected chi connectivity index (χ1v) is 5.15. The molecular weight excluding hydrogens is 239 g/mol. The number of alkyl halides is 4. The minimum Gasteiger partial charge on any atom is -0.263 e. The van der Waals surface area contributed by atoms with Crippen molar-refractivity contribution in [2.24, 2.45) is 0 Å². The Bertz CT molecular complexity index is 404. The van der Waals surface area contributed by atoms with Crippen LogP contribution in [0.15, 0.2) is 18.5 Å². The van der Waals surface area contributed by atoms with Crippen LogP contribution in [0.3, 0.4) is 0 Å². The molecule has 1 aromatic rings. The van der Waals surface area contributed by atoms with Crippen molar-refractivity contribution < 1.29 is 13.2 Å². The van der Waals surface area contributed by atoms with Crippen molar-refractivity contribution >= 4 is 11.6 Å². The summed E-state index contributed by atoms with van der Waals surface area (Å²) in [5.74, 6) is 5.56. The van der Waals surface area contributed by atoms with Crippen molar-refractivity contribution in [3.05, 3.63) is 29.6 Å². The third-order valence-electron chi connectivity index (χ3n) is 1.78. The highest BCUT2D eigenvalue weighted by Crippen LogP contribution is 2.30. The van der Waals surface area contributed by atoms with Crippen molar-refractivity contribution in [2.75, 3.05) is 5.88 Å². The maximum atomic E-state index is 12.5. The molecule has 0 fully saturated rings. The van der Waals surface area contributed by atoms with E-state index in [0.717, 1.165) is 18.5 Å². The lowest BCUT2D eigenvalue weighted by atomic mass is 10.1. The zero-order valence-corrected chi connectivity index (χ0v) is 9.07. The SMILES string of the molecule is FC(F)(F)c1ccncc1C#CCCCCl. The molecule has 0 N–H and O–H groups in total. The van der Waals surface area contributed by atoms with E-state index in [1.807, 2.05) is 0 Å². The average Bonchev–Trinajstić information content (AvgIpc) is 2.24. The lowest BCUT2D eigenvalue weighted by Crippen LogP contribution is -2.07. The van der Waals surface area contributed by atoms with Gasteiger partial charge in [0.15, 0.2) is 0 Å². The predicted octanol–water partition coefficient (Wildman–Crippen LogP) is 3.47. The van der Waals surface area contributed by atoms with Gasteiger partial charge in [-0.15, -0.1) is 11.6 Å². The Hall–Kier alpha value is -1.21. The Morgan fingerprint density at radius 2 is 2.12 bits per heavy atom. The Labute approximate surface area is 96.6 Å². The van der Waals surface area contributed by atoms with Gasteiger partial charge in [0.25, 0.3) is 0 Å². The lowest BCUT2D eigenvalue weighted by Gasteiger charge is -2.07. The summed E-state index contributed by atoms with van der Waals surface area (Å²) >= 11 is 5.43. The molecule has 0 bridgehead atoms. The average molecular weight is 248 g/mol. The zero-order chi connectivity index (χ0) is 12.0. The quantitative estimate of drug-likeness (QED) is 0.443. The molecule has 0 saturated heterocycles. The Morgan fingerprint density at radius 3 is 2.75 bits per heavy atom.